The van der Waals surface area contributed by atoms with E-state index in [4.69, 9.17) is 4.74 Å². The van der Waals surface area contributed by atoms with Crippen molar-refractivity contribution in [3.63, 3.8) is 0 Å². The lowest BCUT2D eigenvalue weighted by molar-refractivity contribution is 0.415. The molecule has 1 aromatic rings. The summed E-state index contributed by atoms with van der Waals surface area (Å²) in [5.74, 6) is 0.702. The minimum absolute atomic E-state index is 0.0477. The van der Waals surface area contributed by atoms with Crippen LogP contribution in [0.2, 0.25) is 0 Å². The fraction of sp³-hybridized carbons (Fsp3) is 0.500. The summed E-state index contributed by atoms with van der Waals surface area (Å²) in [5, 5.41) is 3.18. The van der Waals surface area contributed by atoms with Gasteiger partial charge in [-0.05, 0) is 31.5 Å². The Hall–Kier alpha value is -0.790. The smallest absolute Gasteiger partial charge is 0.234 e. The van der Waals surface area contributed by atoms with Gasteiger partial charge < -0.3 is 10.1 Å². The van der Waals surface area contributed by atoms with Crippen LogP contribution in [0.4, 0.5) is 5.69 Å². The molecule has 7 heteroatoms. The molecule has 0 radical (unpaired) electrons. The van der Waals surface area contributed by atoms with E-state index in [1.54, 1.807) is 25.3 Å². The highest BCUT2D eigenvalue weighted by Gasteiger charge is 2.22. The summed E-state index contributed by atoms with van der Waals surface area (Å²) in [6.45, 7) is 0.894. The van der Waals surface area contributed by atoms with Crippen LogP contribution in [0.5, 0.6) is 5.75 Å². The van der Waals surface area contributed by atoms with Crippen molar-refractivity contribution in [3.8, 4) is 5.75 Å². The summed E-state index contributed by atoms with van der Waals surface area (Å²) < 4.78 is 32.6. The molecule has 1 aliphatic heterocycles. The Kier molecular flexibility index (Phi) is 4.70. The highest BCUT2D eigenvalue weighted by atomic mass is 79.9. The van der Waals surface area contributed by atoms with Crippen molar-refractivity contribution in [1.82, 2.24) is 5.32 Å². The molecule has 2 rings (SSSR count). The van der Waals surface area contributed by atoms with Crippen molar-refractivity contribution in [2.45, 2.75) is 18.9 Å². The second-order valence-corrected chi connectivity index (χ2v) is 7.24. The topological polar surface area (TPSA) is 67.4 Å². The molecule has 0 amide bonds. The predicted octanol–water partition coefficient (Wildman–Crippen LogP) is 1.95. The number of hydrogen-bond donors (Lipinski definition) is 2. The van der Waals surface area contributed by atoms with Crippen LogP contribution in [0.1, 0.15) is 12.8 Å². The van der Waals surface area contributed by atoms with E-state index in [1.807, 2.05) is 0 Å². The van der Waals surface area contributed by atoms with Gasteiger partial charge >= 0.3 is 0 Å². The molecule has 0 aliphatic carbocycles. The van der Waals surface area contributed by atoms with Gasteiger partial charge in [-0.1, -0.05) is 15.9 Å². The Morgan fingerprint density at radius 2 is 2.26 bits per heavy atom. The van der Waals surface area contributed by atoms with E-state index in [0.29, 0.717) is 11.4 Å². The molecule has 1 aromatic carbocycles. The van der Waals surface area contributed by atoms with E-state index in [2.05, 4.69) is 26.0 Å². The molecule has 5 nitrogen and oxygen atoms in total. The molecule has 1 heterocycles. The van der Waals surface area contributed by atoms with E-state index < -0.39 is 10.0 Å². The summed E-state index contributed by atoms with van der Waals surface area (Å²) >= 11 is 3.32. The van der Waals surface area contributed by atoms with E-state index in [9.17, 15) is 8.42 Å². The van der Waals surface area contributed by atoms with Gasteiger partial charge in [0, 0.05) is 16.6 Å². The number of ether oxygens (including phenoxy) is 1. The highest BCUT2D eigenvalue weighted by molar-refractivity contribution is 9.10. The SMILES string of the molecule is COc1cc(Br)cc(NS(=O)(=O)CC2CCCN2)c1. The lowest BCUT2D eigenvalue weighted by Gasteiger charge is -2.13. The quantitative estimate of drug-likeness (QED) is 0.853. The second-order valence-electron chi connectivity index (χ2n) is 4.56. The van der Waals surface area contributed by atoms with Crippen molar-refractivity contribution >= 4 is 31.6 Å². The first kappa shape index (κ1) is 14.6. The van der Waals surface area contributed by atoms with Crippen LogP contribution in [0.25, 0.3) is 0 Å². The van der Waals surface area contributed by atoms with Crippen LogP contribution in [0.15, 0.2) is 22.7 Å². The van der Waals surface area contributed by atoms with E-state index in [1.165, 1.54) is 0 Å². The van der Waals surface area contributed by atoms with Gasteiger partial charge in [0.1, 0.15) is 5.75 Å². The van der Waals surface area contributed by atoms with E-state index >= 15 is 0 Å². The third-order valence-corrected chi connectivity index (χ3v) is 4.81. The van der Waals surface area contributed by atoms with Crippen LogP contribution < -0.4 is 14.8 Å². The van der Waals surface area contributed by atoms with Gasteiger partial charge in [-0.3, -0.25) is 4.72 Å². The molecule has 1 atom stereocenters. The molecule has 1 unspecified atom stereocenters. The van der Waals surface area contributed by atoms with Crippen molar-refractivity contribution in [1.29, 1.82) is 0 Å². The Bertz CT molecular complexity index is 542. The van der Waals surface area contributed by atoms with Gasteiger partial charge in [0.15, 0.2) is 0 Å². The van der Waals surface area contributed by atoms with Crippen molar-refractivity contribution in [3.05, 3.63) is 22.7 Å². The van der Waals surface area contributed by atoms with Gasteiger partial charge in [0.25, 0.3) is 0 Å². The second kappa shape index (κ2) is 6.11. The number of methoxy groups -OCH3 is 1. The first-order valence-electron chi connectivity index (χ1n) is 6.07. The average molecular weight is 349 g/mol. The van der Waals surface area contributed by atoms with Crippen LogP contribution >= 0.6 is 15.9 Å². The highest BCUT2D eigenvalue weighted by Crippen LogP contribution is 2.25. The molecular weight excluding hydrogens is 332 g/mol. The Morgan fingerprint density at radius 1 is 1.47 bits per heavy atom. The maximum atomic E-state index is 12.1. The van der Waals surface area contributed by atoms with Crippen LogP contribution in [0, 0.1) is 0 Å². The van der Waals surface area contributed by atoms with E-state index in [0.717, 1.165) is 23.9 Å². The zero-order valence-electron chi connectivity index (χ0n) is 10.6. The molecule has 0 saturated carbocycles. The number of benzene rings is 1. The minimum atomic E-state index is -3.35. The standard InChI is InChI=1S/C12H17BrN2O3S/c1-18-12-6-9(13)5-11(7-12)15-19(16,17)8-10-3-2-4-14-10/h5-7,10,14-15H,2-4,8H2,1H3. The van der Waals surface area contributed by atoms with Crippen molar-refractivity contribution in [2.24, 2.45) is 0 Å². The zero-order valence-corrected chi connectivity index (χ0v) is 13.1. The van der Waals surface area contributed by atoms with Gasteiger partial charge in [0.2, 0.25) is 10.0 Å². The minimum Gasteiger partial charge on any atom is -0.497 e. The van der Waals surface area contributed by atoms with Gasteiger partial charge in [0.05, 0.1) is 18.6 Å². The molecule has 1 aliphatic rings. The number of rotatable bonds is 5. The number of anilines is 1. The molecule has 106 valence electrons. The largest absolute Gasteiger partial charge is 0.497 e. The Morgan fingerprint density at radius 3 is 2.89 bits per heavy atom. The Balaban J connectivity index is 2.08. The summed E-state index contributed by atoms with van der Waals surface area (Å²) in [7, 11) is -1.80. The molecule has 19 heavy (non-hydrogen) atoms. The number of halogens is 1. The summed E-state index contributed by atoms with van der Waals surface area (Å²) in [5.41, 5.74) is 0.504. The first-order valence-corrected chi connectivity index (χ1v) is 8.51. The maximum absolute atomic E-state index is 12.1. The van der Waals surface area contributed by atoms with Crippen molar-refractivity contribution in [2.75, 3.05) is 24.1 Å². The zero-order chi connectivity index (χ0) is 13.9. The Labute approximate surface area is 121 Å². The molecule has 0 bridgehead atoms. The lowest BCUT2D eigenvalue weighted by atomic mass is 10.3. The molecule has 0 aromatic heterocycles. The van der Waals surface area contributed by atoms with Gasteiger partial charge in [-0.2, -0.15) is 0 Å². The van der Waals surface area contributed by atoms with Gasteiger partial charge in [-0.15, -0.1) is 0 Å². The van der Waals surface area contributed by atoms with Crippen LogP contribution in [-0.2, 0) is 10.0 Å². The molecular formula is C12H17BrN2O3S. The monoisotopic (exact) mass is 348 g/mol. The summed E-state index contributed by atoms with van der Waals surface area (Å²) in [4.78, 5) is 0. The maximum Gasteiger partial charge on any atom is 0.234 e. The molecule has 0 spiro atoms. The van der Waals surface area contributed by atoms with Crippen LogP contribution in [-0.4, -0.2) is 33.9 Å². The number of hydrogen-bond acceptors (Lipinski definition) is 4. The van der Waals surface area contributed by atoms with Crippen molar-refractivity contribution < 1.29 is 13.2 Å². The van der Waals surface area contributed by atoms with Gasteiger partial charge in [-0.25, -0.2) is 8.42 Å². The molecule has 2 N–H and O–H groups in total. The predicted molar refractivity (Wildman–Crippen MR) is 79.1 cm³/mol. The third-order valence-electron chi connectivity index (χ3n) is 2.96. The van der Waals surface area contributed by atoms with E-state index in [-0.39, 0.29) is 11.8 Å². The molecule has 1 fully saturated rings. The normalized spacial score (nSPS) is 19.4. The fourth-order valence-electron chi connectivity index (χ4n) is 2.12. The third kappa shape index (κ3) is 4.36. The molecule has 1 saturated heterocycles. The number of sulfonamides is 1. The summed E-state index contributed by atoms with van der Waals surface area (Å²) in [6, 6.07) is 5.19. The fourth-order valence-corrected chi connectivity index (χ4v) is 3.97. The average Bonchev–Trinajstić information content (AvgIpc) is 2.79. The summed E-state index contributed by atoms with van der Waals surface area (Å²) in [6.07, 6.45) is 1.94. The van der Waals surface area contributed by atoms with Crippen LogP contribution in [0.3, 0.4) is 0 Å². The first-order chi connectivity index (χ1) is 8.98. The lowest BCUT2D eigenvalue weighted by Crippen LogP contribution is -2.32. The number of nitrogens with one attached hydrogen (secondary N) is 2.